The fourth-order valence-electron chi connectivity index (χ4n) is 3.03. The summed E-state index contributed by atoms with van der Waals surface area (Å²) in [6, 6.07) is 4.64. The van der Waals surface area contributed by atoms with E-state index in [-0.39, 0.29) is 17.6 Å². The summed E-state index contributed by atoms with van der Waals surface area (Å²) < 4.78 is 15.0. The highest BCUT2D eigenvalue weighted by Crippen LogP contribution is 2.33. The summed E-state index contributed by atoms with van der Waals surface area (Å²) in [6.07, 6.45) is 2.26. The largest absolute Gasteiger partial charge is 0.290 e. The van der Waals surface area contributed by atoms with E-state index in [1.54, 1.807) is 16.9 Å². The molecule has 2 atom stereocenters. The molecule has 1 aromatic carbocycles. The van der Waals surface area contributed by atoms with Gasteiger partial charge in [0.2, 0.25) is 0 Å². The molecule has 23 heavy (non-hydrogen) atoms. The molecule has 7 nitrogen and oxygen atoms in total. The summed E-state index contributed by atoms with van der Waals surface area (Å²) in [5.41, 5.74) is -0.669. The van der Waals surface area contributed by atoms with Gasteiger partial charge in [-0.3, -0.25) is 19.8 Å². The van der Waals surface area contributed by atoms with Crippen molar-refractivity contribution in [1.82, 2.24) is 9.78 Å². The van der Waals surface area contributed by atoms with E-state index in [9.17, 15) is 19.3 Å². The summed E-state index contributed by atoms with van der Waals surface area (Å²) in [7, 11) is 0. The van der Waals surface area contributed by atoms with E-state index in [0.29, 0.717) is 12.2 Å². The van der Waals surface area contributed by atoms with Gasteiger partial charge in [-0.25, -0.2) is 9.07 Å². The number of fused-ring (bicyclic) bond motifs is 1. The highest BCUT2D eigenvalue weighted by atomic mass is 19.1. The molecule has 0 N–H and O–H groups in total. The number of amides is 1. The molecule has 1 aliphatic rings. The Morgan fingerprint density at radius 3 is 2.78 bits per heavy atom. The Morgan fingerprint density at radius 1 is 1.35 bits per heavy atom. The lowest BCUT2D eigenvalue weighted by atomic mass is 10.0. The maximum Gasteiger partial charge on any atom is 0.285 e. The molecule has 0 saturated carbocycles. The fraction of sp³-hybridized carbons (Fsp3) is 0.333. The van der Waals surface area contributed by atoms with Crippen molar-refractivity contribution in [3.05, 3.63) is 52.0 Å². The molecule has 2 heterocycles. The normalized spacial score (nSPS) is 20.2. The number of rotatable bonds is 2. The minimum absolute atomic E-state index is 0.127. The summed E-state index contributed by atoms with van der Waals surface area (Å²) in [5.74, 6) is -0.698. The lowest BCUT2D eigenvalue weighted by molar-refractivity contribution is -0.385. The number of aromatic nitrogens is 2. The Labute approximate surface area is 131 Å². The second kappa shape index (κ2) is 5.45. The lowest BCUT2D eigenvalue weighted by Gasteiger charge is -2.36. The third-order valence-electron chi connectivity index (χ3n) is 4.04. The maximum absolute atomic E-state index is 13.3. The zero-order valence-electron chi connectivity index (χ0n) is 12.6. The quantitative estimate of drug-likeness (QED) is 0.630. The molecule has 0 fully saturated rings. The smallest absolute Gasteiger partial charge is 0.285 e. The molecule has 1 amide bonds. The topological polar surface area (TPSA) is 81.3 Å². The van der Waals surface area contributed by atoms with Crippen LogP contribution in [-0.4, -0.2) is 26.7 Å². The summed E-state index contributed by atoms with van der Waals surface area (Å²) in [4.78, 5) is 24.7. The number of halogens is 1. The van der Waals surface area contributed by atoms with Crippen LogP contribution in [0, 0.1) is 15.9 Å². The van der Waals surface area contributed by atoms with Gasteiger partial charge in [-0.2, -0.15) is 5.10 Å². The minimum Gasteiger partial charge on any atom is -0.290 e. The second-order valence-corrected chi connectivity index (χ2v) is 5.66. The Bertz CT molecular complexity index is 789. The van der Waals surface area contributed by atoms with Crippen molar-refractivity contribution >= 4 is 17.4 Å². The van der Waals surface area contributed by atoms with Crippen molar-refractivity contribution in [2.24, 2.45) is 0 Å². The molecule has 0 aliphatic carbocycles. The van der Waals surface area contributed by atoms with Crippen LogP contribution in [0.1, 0.15) is 36.7 Å². The third-order valence-corrected chi connectivity index (χ3v) is 4.04. The first-order chi connectivity index (χ1) is 10.9. The van der Waals surface area contributed by atoms with Crippen LogP contribution in [0.25, 0.3) is 0 Å². The molecule has 120 valence electrons. The van der Waals surface area contributed by atoms with E-state index < -0.39 is 22.3 Å². The van der Waals surface area contributed by atoms with E-state index >= 15 is 0 Å². The van der Waals surface area contributed by atoms with Gasteiger partial charge >= 0.3 is 0 Å². The molecule has 0 unspecified atom stereocenters. The molecule has 1 aliphatic heterocycles. The number of anilines is 1. The molecule has 2 aromatic rings. The van der Waals surface area contributed by atoms with Gasteiger partial charge in [-0.15, -0.1) is 0 Å². The van der Waals surface area contributed by atoms with Crippen molar-refractivity contribution in [2.45, 2.75) is 32.4 Å². The first-order valence-corrected chi connectivity index (χ1v) is 7.21. The van der Waals surface area contributed by atoms with Crippen molar-refractivity contribution < 1.29 is 14.1 Å². The van der Waals surface area contributed by atoms with Gasteiger partial charge in [-0.05, 0) is 32.4 Å². The number of hydrogen-bond acceptors (Lipinski definition) is 4. The van der Waals surface area contributed by atoms with Crippen LogP contribution in [0.5, 0.6) is 0 Å². The first kappa shape index (κ1) is 15.1. The van der Waals surface area contributed by atoms with E-state index in [0.717, 1.165) is 18.2 Å². The third kappa shape index (κ3) is 2.45. The molecular formula is C15H15FN4O3. The lowest BCUT2D eigenvalue weighted by Crippen LogP contribution is -2.45. The van der Waals surface area contributed by atoms with E-state index in [1.807, 2.05) is 13.8 Å². The van der Waals surface area contributed by atoms with Gasteiger partial charge in [0.25, 0.3) is 11.6 Å². The van der Waals surface area contributed by atoms with Crippen molar-refractivity contribution in [3.8, 4) is 0 Å². The number of hydrogen-bond donors (Lipinski definition) is 0. The van der Waals surface area contributed by atoms with Crippen LogP contribution < -0.4 is 4.90 Å². The Morgan fingerprint density at radius 2 is 2.09 bits per heavy atom. The molecule has 3 rings (SSSR count). The SMILES string of the molecule is C[C@@H]1C[C@H](C)n2nccc2N1C(=O)c1ccc(F)cc1[N+](=O)[O-]. The van der Waals surface area contributed by atoms with E-state index in [2.05, 4.69) is 5.10 Å². The highest BCUT2D eigenvalue weighted by molar-refractivity contribution is 6.08. The minimum atomic E-state index is -0.751. The average Bonchev–Trinajstić information content (AvgIpc) is 2.96. The van der Waals surface area contributed by atoms with Crippen molar-refractivity contribution in [3.63, 3.8) is 0 Å². The molecule has 0 spiro atoms. The predicted molar refractivity (Wildman–Crippen MR) is 80.9 cm³/mol. The van der Waals surface area contributed by atoms with Gasteiger partial charge in [0, 0.05) is 12.1 Å². The number of benzene rings is 1. The zero-order valence-corrected chi connectivity index (χ0v) is 12.6. The van der Waals surface area contributed by atoms with Gasteiger partial charge in [0.1, 0.15) is 17.2 Å². The standard InChI is InChI=1S/C15H15FN4O3/c1-9-7-10(2)19-14(5-6-17-19)18(9)15(21)12-4-3-11(16)8-13(12)20(22)23/h3-6,8-10H,7H2,1-2H3/t9-,10+/m1/s1. The first-order valence-electron chi connectivity index (χ1n) is 7.21. The van der Waals surface area contributed by atoms with Crippen LogP contribution in [0.3, 0.4) is 0 Å². The summed E-state index contributed by atoms with van der Waals surface area (Å²) in [6.45, 7) is 3.87. The van der Waals surface area contributed by atoms with Crippen molar-refractivity contribution in [1.29, 1.82) is 0 Å². The van der Waals surface area contributed by atoms with Gasteiger partial charge in [0.15, 0.2) is 0 Å². The number of carbonyl (C=O) groups is 1. The average molecular weight is 318 g/mol. The van der Waals surface area contributed by atoms with Crippen LogP contribution in [0.15, 0.2) is 30.5 Å². The maximum atomic E-state index is 13.3. The highest BCUT2D eigenvalue weighted by Gasteiger charge is 2.35. The number of carbonyl (C=O) groups excluding carboxylic acids is 1. The summed E-state index contributed by atoms with van der Waals surface area (Å²) in [5, 5.41) is 15.3. The monoisotopic (exact) mass is 318 g/mol. The van der Waals surface area contributed by atoms with Crippen LogP contribution >= 0.6 is 0 Å². The Kier molecular flexibility index (Phi) is 3.59. The van der Waals surface area contributed by atoms with Crippen LogP contribution in [0.2, 0.25) is 0 Å². The van der Waals surface area contributed by atoms with Gasteiger partial charge in [0.05, 0.1) is 23.2 Å². The second-order valence-electron chi connectivity index (χ2n) is 5.66. The molecular weight excluding hydrogens is 303 g/mol. The van der Waals surface area contributed by atoms with Gasteiger partial charge in [-0.1, -0.05) is 0 Å². The zero-order chi connectivity index (χ0) is 16.7. The molecule has 0 saturated heterocycles. The van der Waals surface area contributed by atoms with Crippen molar-refractivity contribution in [2.75, 3.05) is 4.90 Å². The predicted octanol–water partition coefficient (Wildman–Crippen LogP) is 2.93. The Hall–Kier alpha value is -2.77. The summed E-state index contributed by atoms with van der Waals surface area (Å²) >= 11 is 0. The molecule has 0 radical (unpaired) electrons. The molecule has 1 aromatic heterocycles. The fourth-order valence-corrected chi connectivity index (χ4v) is 3.03. The van der Waals surface area contributed by atoms with Crippen LogP contribution in [0.4, 0.5) is 15.9 Å². The number of nitro groups is 1. The molecule has 8 heteroatoms. The van der Waals surface area contributed by atoms with E-state index in [4.69, 9.17) is 0 Å². The Balaban J connectivity index is 2.08. The van der Waals surface area contributed by atoms with E-state index in [1.165, 1.54) is 4.90 Å². The van der Waals surface area contributed by atoms with Gasteiger partial charge < -0.3 is 0 Å². The number of nitro benzene ring substituents is 1. The number of nitrogens with zero attached hydrogens (tertiary/aromatic N) is 4. The molecule has 0 bridgehead atoms. The van der Waals surface area contributed by atoms with Crippen LogP contribution in [-0.2, 0) is 0 Å².